The minimum Gasteiger partial charge on any atom is -0.459 e. The predicted molar refractivity (Wildman–Crippen MR) is 77.2 cm³/mol. The van der Waals surface area contributed by atoms with Gasteiger partial charge in [0.2, 0.25) is 0 Å². The van der Waals surface area contributed by atoms with Gasteiger partial charge in [-0.2, -0.15) is 0 Å². The first-order valence-electron chi connectivity index (χ1n) is 6.46. The van der Waals surface area contributed by atoms with Crippen molar-refractivity contribution in [2.45, 2.75) is 0 Å². The van der Waals surface area contributed by atoms with E-state index in [1.807, 2.05) is 42.5 Å². The van der Waals surface area contributed by atoms with E-state index in [0.29, 0.717) is 6.54 Å². The number of hydrogen-bond acceptors (Lipinski definition) is 3. The van der Waals surface area contributed by atoms with Gasteiger partial charge in [-0.1, -0.05) is 42.5 Å². The van der Waals surface area contributed by atoms with Crippen LogP contribution in [0.3, 0.4) is 0 Å². The first kappa shape index (κ1) is 14.1. The molecule has 0 radical (unpaired) electrons. The lowest BCUT2D eigenvalue weighted by molar-refractivity contribution is 0.0711. The fourth-order valence-corrected chi connectivity index (χ4v) is 1.83. The van der Waals surface area contributed by atoms with Crippen molar-refractivity contribution in [2.24, 2.45) is 0 Å². The molecule has 0 atom stereocenters. The Morgan fingerprint density at radius 2 is 2.00 bits per heavy atom. The Bertz CT molecular complexity index is 546. The molecule has 2 rings (SSSR count). The molecule has 0 fully saturated rings. The largest absolute Gasteiger partial charge is 0.459 e. The summed E-state index contributed by atoms with van der Waals surface area (Å²) < 4.78 is 5.09. The van der Waals surface area contributed by atoms with Gasteiger partial charge < -0.3 is 14.4 Å². The number of nitrogens with zero attached hydrogens (tertiary/aromatic N) is 1. The zero-order chi connectivity index (χ0) is 14.2. The zero-order valence-corrected chi connectivity index (χ0v) is 11.1. The van der Waals surface area contributed by atoms with Crippen LogP contribution in [0.5, 0.6) is 0 Å². The Kier molecular flexibility index (Phi) is 5.15. The molecule has 104 valence electrons. The van der Waals surface area contributed by atoms with Crippen LogP contribution < -0.4 is 0 Å². The van der Waals surface area contributed by atoms with Crippen LogP contribution in [0.2, 0.25) is 0 Å². The lowest BCUT2D eigenvalue weighted by Crippen LogP contribution is -2.33. The molecule has 0 saturated carbocycles. The Labute approximate surface area is 117 Å². The molecule has 2 aromatic rings. The number of aliphatic hydroxyl groups excluding tert-OH is 1. The number of benzene rings is 1. The van der Waals surface area contributed by atoms with Gasteiger partial charge in [-0.15, -0.1) is 0 Å². The minimum absolute atomic E-state index is 0.0778. The smallest absolute Gasteiger partial charge is 0.289 e. The number of amides is 1. The molecule has 1 amide bonds. The van der Waals surface area contributed by atoms with Crippen molar-refractivity contribution in [3.05, 3.63) is 66.1 Å². The summed E-state index contributed by atoms with van der Waals surface area (Å²) in [4.78, 5) is 13.7. The molecule has 4 heteroatoms. The highest BCUT2D eigenvalue weighted by molar-refractivity contribution is 5.91. The maximum atomic E-state index is 12.1. The van der Waals surface area contributed by atoms with Gasteiger partial charge >= 0.3 is 0 Å². The van der Waals surface area contributed by atoms with Gasteiger partial charge in [0.1, 0.15) is 0 Å². The van der Waals surface area contributed by atoms with E-state index in [0.717, 1.165) is 5.56 Å². The fourth-order valence-electron chi connectivity index (χ4n) is 1.83. The molecule has 0 spiro atoms. The van der Waals surface area contributed by atoms with Crippen molar-refractivity contribution in [3.63, 3.8) is 0 Å². The highest BCUT2D eigenvalue weighted by atomic mass is 16.3. The summed E-state index contributed by atoms with van der Waals surface area (Å²) in [6, 6.07) is 13.1. The molecule has 1 aromatic heterocycles. The van der Waals surface area contributed by atoms with Crippen LogP contribution in [0.15, 0.2) is 59.2 Å². The molecule has 0 unspecified atom stereocenters. The molecule has 20 heavy (non-hydrogen) atoms. The van der Waals surface area contributed by atoms with Crippen molar-refractivity contribution in [1.29, 1.82) is 0 Å². The second-order valence-corrected chi connectivity index (χ2v) is 4.27. The summed E-state index contributed by atoms with van der Waals surface area (Å²) in [7, 11) is 0. The lowest BCUT2D eigenvalue weighted by atomic mass is 10.2. The van der Waals surface area contributed by atoms with E-state index < -0.39 is 0 Å². The van der Waals surface area contributed by atoms with Crippen LogP contribution >= 0.6 is 0 Å². The Morgan fingerprint density at radius 1 is 1.20 bits per heavy atom. The molecule has 0 saturated heterocycles. The first-order chi connectivity index (χ1) is 9.81. The number of carbonyl (C=O) groups excluding carboxylic acids is 1. The molecule has 0 aliphatic carbocycles. The molecule has 4 nitrogen and oxygen atoms in total. The summed E-state index contributed by atoms with van der Waals surface area (Å²) in [6.45, 7) is 0.624. The van der Waals surface area contributed by atoms with Gasteiger partial charge in [0.15, 0.2) is 5.76 Å². The van der Waals surface area contributed by atoms with Crippen molar-refractivity contribution in [3.8, 4) is 0 Å². The normalized spacial score (nSPS) is 10.8. The Hall–Kier alpha value is -2.33. The molecule has 1 heterocycles. The average molecular weight is 271 g/mol. The van der Waals surface area contributed by atoms with Crippen LogP contribution in [0.1, 0.15) is 16.1 Å². The standard InChI is InChI=1S/C16H17NO3/c18-12-11-17(16(19)15-9-5-13-20-15)10-4-8-14-6-2-1-3-7-14/h1-9,13,18H,10-12H2. The number of furan rings is 1. The third kappa shape index (κ3) is 3.83. The van der Waals surface area contributed by atoms with Gasteiger partial charge in [0.25, 0.3) is 5.91 Å². The van der Waals surface area contributed by atoms with Gasteiger partial charge in [0, 0.05) is 13.1 Å². The maximum absolute atomic E-state index is 12.1. The van der Waals surface area contributed by atoms with Gasteiger partial charge in [0.05, 0.1) is 12.9 Å². The third-order valence-corrected chi connectivity index (χ3v) is 2.82. The van der Waals surface area contributed by atoms with E-state index in [4.69, 9.17) is 9.52 Å². The second-order valence-electron chi connectivity index (χ2n) is 4.27. The zero-order valence-electron chi connectivity index (χ0n) is 11.1. The second kappa shape index (κ2) is 7.31. The monoisotopic (exact) mass is 271 g/mol. The van der Waals surface area contributed by atoms with Gasteiger partial charge in [-0.25, -0.2) is 0 Å². The van der Waals surface area contributed by atoms with E-state index in [1.54, 1.807) is 12.1 Å². The summed E-state index contributed by atoms with van der Waals surface area (Å²) >= 11 is 0. The van der Waals surface area contributed by atoms with Gasteiger partial charge in [-0.05, 0) is 17.7 Å². The quantitative estimate of drug-likeness (QED) is 0.878. The Morgan fingerprint density at radius 3 is 2.65 bits per heavy atom. The average Bonchev–Trinajstić information content (AvgIpc) is 3.01. The topological polar surface area (TPSA) is 53.7 Å². The molecule has 1 N–H and O–H groups in total. The minimum atomic E-state index is -0.221. The highest BCUT2D eigenvalue weighted by Crippen LogP contribution is 2.07. The predicted octanol–water partition coefficient (Wildman–Crippen LogP) is 2.43. The third-order valence-electron chi connectivity index (χ3n) is 2.82. The molecule has 1 aromatic carbocycles. The summed E-state index contributed by atoms with van der Waals surface area (Å²) in [6.07, 6.45) is 5.30. The number of rotatable bonds is 6. The Balaban J connectivity index is 1.99. The lowest BCUT2D eigenvalue weighted by Gasteiger charge is -2.18. The van der Waals surface area contributed by atoms with E-state index >= 15 is 0 Å². The first-order valence-corrected chi connectivity index (χ1v) is 6.46. The summed E-state index contributed by atoms with van der Waals surface area (Å²) in [5.74, 6) is 0.0633. The van der Waals surface area contributed by atoms with Crippen LogP contribution in [0.4, 0.5) is 0 Å². The van der Waals surface area contributed by atoms with E-state index in [9.17, 15) is 4.79 Å². The highest BCUT2D eigenvalue weighted by Gasteiger charge is 2.16. The van der Waals surface area contributed by atoms with E-state index in [2.05, 4.69) is 0 Å². The van der Waals surface area contributed by atoms with Crippen LogP contribution in [0.25, 0.3) is 6.08 Å². The van der Waals surface area contributed by atoms with Crippen molar-refractivity contribution < 1.29 is 14.3 Å². The SMILES string of the molecule is O=C(c1ccco1)N(CC=Cc1ccccc1)CCO. The van der Waals surface area contributed by atoms with E-state index in [-0.39, 0.29) is 24.8 Å². The number of aliphatic hydroxyl groups is 1. The number of carbonyl (C=O) groups is 1. The summed E-state index contributed by atoms with van der Waals surface area (Å²) in [5.41, 5.74) is 1.07. The van der Waals surface area contributed by atoms with Crippen LogP contribution in [-0.4, -0.2) is 35.6 Å². The molecule has 0 bridgehead atoms. The fraction of sp³-hybridized carbons (Fsp3) is 0.188. The number of hydrogen-bond donors (Lipinski definition) is 1. The molecular formula is C16H17NO3. The maximum Gasteiger partial charge on any atom is 0.289 e. The van der Waals surface area contributed by atoms with Crippen molar-refractivity contribution >= 4 is 12.0 Å². The van der Waals surface area contributed by atoms with Gasteiger partial charge in [-0.3, -0.25) is 4.79 Å². The van der Waals surface area contributed by atoms with E-state index in [1.165, 1.54) is 11.2 Å². The molecule has 0 aliphatic heterocycles. The summed E-state index contributed by atoms with van der Waals surface area (Å²) in [5, 5.41) is 9.05. The van der Waals surface area contributed by atoms with Crippen molar-refractivity contribution in [1.82, 2.24) is 4.90 Å². The molecular weight excluding hydrogens is 254 g/mol. The van der Waals surface area contributed by atoms with Crippen LogP contribution in [0, 0.1) is 0 Å². The van der Waals surface area contributed by atoms with Crippen molar-refractivity contribution in [2.75, 3.05) is 19.7 Å². The molecule has 0 aliphatic rings. The van der Waals surface area contributed by atoms with Crippen LogP contribution in [-0.2, 0) is 0 Å².